The Balaban J connectivity index is 2.15. The monoisotopic (exact) mass is 449 g/mol. The molecule has 0 aliphatic carbocycles. The summed E-state index contributed by atoms with van der Waals surface area (Å²) in [4.78, 5) is 30.3. The van der Waals surface area contributed by atoms with Crippen LogP contribution in [0.3, 0.4) is 0 Å². The van der Waals surface area contributed by atoms with Crippen LogP contribution in [-0.2, 0) is 22.6 Å². The standard InChI is InChI=1S/C23H32FN3O3S/c1-23(2,3)25-22(29)26(12-6-13-30-4)17-21(28)27(16-20-7-5-14-31-20)15-18-8-10-19(24)11-9-18/h5,7-11,14H,6,12-13,15-17H2,1-4H3,(H,25,29). The van der Waals surface area contributed by atoms with Crippen LogP contribution in [0, 0.1) is 5.82 Å². The van der Waals surface area contributed by atoms with Crippen LogP contribution < -0.4 is 5.32 Å². The van der Waals surface area contributed by atoms with Crippen LogP contribution in [0.4, 0.5) is 9.18 Å². The van der Waals surface area contributed by atoms with Crippen LogP contribution in [0.5, 0.6) is 0 Å². The van der Waals surface area contributed by atoms with Crippen molar-refractivity contribution in [3.05, 3.63) is 58.0 Å². The van der Waals surface area contributed by atoms with Crippen molar-refractivity contribution < 1.29 is 18.7 Å². The van der Waals surface area contributed by atoms with E-state index in [1.54, 1.807) is 35.5 Å². The number of nitrogens with one attached hydrogen (secondary N) is 1. The second-order valence-electron chi connectivity index (χ2n) is 8.40. The van der Waals surface area contributed by atoms with Crippen LogP contribution >= 0.6 is 11.3 Å². The second kappa shape index (κ2) is 11.8. The van der Waals surface area contributed by atoms with Crippen molar-refractivity contribution in [1.82, 2.24) is 15.1 Å². The van der Waals surface area contributed by atoms with Gasteiger partial charge in [0.05, 0.1) is 6.54 Å². The third kappa shape index (κ3) is 9.06. The molecule has 0 saturated heterocycles. The van der Waals surface area contributed by atoms with Gasteiger partial charge in [0.25, 0.3) is 0 Å². The topological polar surface area (TPSA) is 61.9 Å². The first kappa shape index (κ1) is 24.8. The lowest BCUT2D eigenvalue weighted by Gasteiger charge is -2.30. The predicted molar refractivity (Wildman–Crippen MR) is 121 cm³/mol. The van der Waals surface area contributed by atoms with E-state index in [-0.39, 0.29) is 24.3 Å². The summed E-state index contributed by atoms with van der Waals surface area (Å²) in [6, 6.07) is 9.75. The lowest BCUT2D eigenvalue weighted by molar-refractivity contribution is -0.133. The Bertz CT molecular complexity index is 820. The molecule has 0 unspecified atom stereocenters. The van der Waals surface area contributed by atoms with Gasteiger partial charge in [-0.2, -0.15) is 0 Å². The molecule has 0 saturated carbocycles. The van der Waals surface area contributed by atoms with Gasteiger partial charge in [-0.1, -0.05) is 18.2 Å². The number of hydrogen-bond acceptors (Lipinski definition) is 4. The minimum absolute atomic E-state index is 0.0435. The zero-order chi connectivity index (χ0) is 22.9. The van der Waals surface area contributed by atoms with Crippen molar-refractivity contribution in [3.63, 3.8) is 0 Å². The van der Waals surface area contributed by atoms with Gasteiger partial charge in [-0.25, -0.2) is 9.18 Å². The molecule has 2 aromatic rings. The number of hydrogen-bond donors (Lipinski definition) is 1. The summed E-state index contributed by atoms with van der Waals surface area (Å²) < 4.78 is 18.4. The van der Waals surface area contributed by atoms with Crippen molar-refractivity contribution in [1.29, 1.82) is 0 Å². The number of amides is 3. The van der Waals surface area contributed by atoms with E-state index < -0.39 is 5.54 Å². The van der Waals surface area contributed by atoms with Crippen LogP contribution in [0.2, 0.25) is 0 Å². The molecule has 1 N–H and O–H groups in total. The molecule has 1 aromatic heterocycles. The second-order valence-corrected chi connectivity index (χ2v) is 9.44. The third-order valence-corrected chi connectivity index (χ3v) is 5.30. The first-order valence-electron chi connectivity index (χ1n) is 10.3. The Hall–Kier alpha value is -2.45. The quantitative estimate of drug-likeness (QED) is 0.551. The summed E-state index contributed by atoms with van der Waals surface area (Å²) in [5, 5.41) is 4.89. The van der Waals surface area contributed by atoms with Crippen molar-refractivity contribution >= 4 is 23.3 Å². The number of benzene rings is 1. The molecule has 0 fully saturated rings. The molecule has 0 bridgehead atoms. The highest BCUT2D eigenvalue weighted by molar-refractivity contribution is 7.09. The Morgan fingerprint density at radius 2 is 1.81 bits per heavy atom. The van der Waals surface area contributed by atoms with Gasteiger partial charge in [-0.3, -0.25) is 4.79 Å². The van der Waals surface area contributed by atoms with Gasteiger partial charge in [-0.15, -0.1) is 11.3 Å². The fourth-order valence-corrected chi connectivity index (χ4v) is 3.67. The number of rotatable bonds is 10. The third-order valence-electron chi connectivity index (χ3n) is 4.44. The molecule has 0 aliphatic rings. The summed E-state index contributed by atoms with van der Waals surface area (Å²) in [5.41, 5.74) is 0.418. The maximum atomic E-state index is 13.3. The highest BCUT2D eigenvalue weighted by atomic mass is 32.1. The number of nitrogens with zero attached hydrogens (tertiary/aromatic N) is 2. The number of methoxy groups -OCH3 is 1. The van der Waals surface area contributed by atoms with E-state index in [0.717, 1.165) is 10.4 Å². The molecule has 8 heteroatoms. The summed E-state index contributed by atoms with van der Waals surface area (Å²) in [6.45, 7) is 7.34. The molecule has 0 atom stereocenters. The van der Waals surface area contributed by atoms with Gasteiger partial charge in [0.15, 0.2) is 0 Å². The van der Waals surface area contributed by atoms with E-state index in [1.807, 2.05) is 38.3 Å². The SMILES string of the molecule is COCCCN(CC(=O)N(Cc1ccc(F)cc1)Cc1cccs1)C(=O)NC(C)(C)C. The molecular weight excluding hydrogens is 417 g/mol. The van der Waals surface area contributed by atoms with Gasteiger partial charge in [0, 0.05) is 37.2 Å². The molecule has 31 heavy (non-hydrogen) atoms. The van der Waals surface area contributed by atoms with Crippen LogP contribution in [-0.4, -0.2) is 54.1 Å². The molecule has 3 amide bonds. The van der Waals surface area contributed by atoms with Crippen molar-refractivity contribution in [2.45, 2.75) is 45.8 Å². The molecule has 0 radical (unpaired) electrons. The lowest BCUT2D eigenvalue weighted by atomic mass is 10.1. The van der Waals surface area contributed by atoms with Gasteiger partial charge >= 0.3 is 6.03 Å². The van der Waals surface area contributed by atoms with Crippen molar-refractivity contribution in [2.24, 2.45) is 0 Å². The number of ether oxygens (including phenoxy) is 1. The molecule has 1 aromatic carbocycles. The predicted octanol–water partition coefficient (Wildman–Crippen LogP) is 4.26. The maximum Gasteiger partial charge on any atom is 0.318 e. The smallest absolute Gasteiger partial charge is 0.318 e. The summed E-state index contributed by atoms with van der Waals surface area (Å²) in [6.07, 6.45) is 0.629. The number of halogens is 1. The van der Waals surface area contributed by atoms with E-state index in [2.05, 4.69) is 5.32 Å². The van der Waals surface area contributed by atoms with E-state index in [9.17, 15) is 14.0 Å². The Labute approximate surface area is 188 Å². The Kier molecular flexibility index (Phi) is 9.45. The zero-order valence-corrected chi connectivity index (χ0v) is 19.5. The number of urea groups is 1. The molecule has 1 heterocycles. The average Bonchev–Trinajstić information content (AvgIpc) is 3.20. The van der Waals surface area contributed by atoms with Gasteiger partial charge in [0.1, 0.15) is 12.4 Å². The molecule has 2 rings (SSSR count). The van der Waals surface area contributed by atoms with Crippen LogP contribution in [0.25, 0.3) is 0 Å². The van der Waals surface area contributed by atoms with E-state index in [4.69, 9.17) is 4.74 Å². The normalized spacial score (nSPS) is 11.3. The minimum Gasteiger partial charge on any atom is -0.385 e. The molecule has 0 spiro atoms. The molecule has 6 nitrogen and oxygen atoms in total. The van der Waals surface area contributed by atoms with E-state index >= 15 is 0 Å². The largest absolute Gasteiger partial charge is 0.385 e. The fraction of sp³-hybridized carbons (Fsp3) is 0.478. The molecule has 0 aliphatic heterocycles. The van der Waals surface area contributed by atoms with E-state index in [0.29, 0.717) is 32.7 Å². The van der Waals surface area contributed by atoms with Crippen LogP contribution in [0.15, 0.2) is 41.8 Å². The van der Waals surface area contributed by atoms with E-state index in [1.165, 1.54) is 17.0 Å². The van der Waals surface area contributed by atoms with Crippen molar-refractivity contribution in [2.75, 3.05) is 26.8 Å². The van der Waals surface area contributed by atoms with Gasteiger partial charge < -0.3 is 19.9 Å². The lowest BCUT2D eigenvalue weighted by Crippen LogP contribution is -2.51. The highest BCUT2D eigenvalue weighted by Gasteiger charge is 2.24. The maximum absolute atomic E-state index is 13.3. The highest BCUT2D eigenvalue weighted by Crippen LogP contribution is 2.16. The number of thiophene rings is 1. The van der Waals surface area contributed by atoms with Gasteiger partial charge in [-0.05, 0) is 56.3 Å². The van der Waals surface area contributed by atoms with Gasteiger partial charge in [0.2, 0.25) is 5.91 Å². The number of carbonyl (C=O) groups is 2. The average molecular weight is 450 g/mol. The zero-order valence-electron chi connectivity index (χ0n) is 18.7. The van der Waals surface area contributed by atoms with Crippen LogP contribution in [0.1, 0.15) is 37.6 Å². The fourth-order valence-electron chi connectivity index (χ4n) is 2.95. The first-order chi connectivity index (χ1) is 14.7. The Morgan fingerprint density at radius 3 is 2.39 bits per heavy atom. The minimum atomic E-state index is -0.412. The molecular formula is C23H32FN3O3S. The molecule has 170 valence electrons. The first-order valence-corrected chi connectivity index (χ1v) is 11.2. The Morgan fingerprint density at radius 1 is 1.10 bits per heavy atom. The summed E-state index contributed by atoms with van der Waals surface area (Å²) in [5.74, 6) is -0.484. The summed E-state index contributed by atoms with van der Waals surface area (Å²) in [7, 11) is 1.61. The summed E-state index contributed by atoms with van der Waals surface area (Å²) >= 11 is 1.57. The van der Waals surface area contributed by atoms with Crippen molar-refractivity contribution in [3.8, 4) is 0 Å². The number of carbonyl (C=O) groups excluding carboxylic acids is 2.